The Morgan fingerprint density at radius 1 is 1.89 bits per heavy atom. The van der Waals surface area contributed by atoms with Crippen LogP contribution in [0.2, 0.25) is 0 Å². The summed E-state index contributed by atoms with van der Waals surface area (Å²) in [7, 11) is 0. The van der Waals surface area contributed by atoms with E-state index in [1.807, 2.05) is 0 Å². The predicted molar refractivity (Wildman–Crippen MR) is 42.2 cm³/mol. The first-order valence-electron chi connectivity index (χ1n) is 2.72. The monoisotopic (exact) mass is 160 g/mol. The molecule has 9 heavy (non-hydrogen) atoms. The van der Waals surface area contributed by atoms with Crippen LogP contribution in [-0.2, 0) is 0 Å². The third kappa shape index (κ3) is 1.66. The van der Waals surface area contributed by atoms with Crippen LogP contribution in [0.15, 0.2) is 6.33 Å². The maximum atomic E-state index is 4.14. The van der Waals surface area contributed by atoms with Crippen molar-refractivity contribution in [1.29, 1.82) is 0 Å². The molecular weight excluding hydrogens is 152 g/mol. The van der Waals surface area contributed by atoms with Gasteiger partial charge in [0.2, 0.25) is 0 Å². The molecule has 0 aliphatic heterocycles. The van der Waals surface area contributed by atoms with Crippen LogP contribution in [0.1, 0.15) is 17.8 Å². The summed E-state index contributed by atoms with van der Waals surface area (Å²) in [6.45, 7) is 2.09. The summed E-state index contributed by atoms with van der Waals surface area (Å²) in [6, 6.07) is 0. The highest BCUT2D eigenvalue weighted by molar-refractivity contribution is 7.80. The lowest BCUT2D eigenvalue weighted by atomic mass is 10.2. The molecule has 1 atom stereocenters. The molecule has 1 heterocycles. The molecule has 0 spiro atoms. The first-order valence-corrected chi connectivity index (χ1v) is 4.12. The Balaban J connectivity index is 2.65. The SMILES string of the molecule is CC(CS)c1ncns1. The van der Waals surface area contributed by atoms with Crippen LogP contribution in [0, 0.1) is 0 Å². The zero-order valence-corrected chi connectivity index (χ0v) is 6.82. The van der Waals surface area contributed by atoms with Crippen LogP contribution in [0.4, 0.5) is 0 Å². The Labute approximate surface area is 63.9 Å². The fraction of sp³-hybridized carbons (Fsp3) is 0.600. The van der Waals surface area contributed by atoms with Crippen LogP contribution in [0.5, 0.6) is 0 Å². The summed E-state index contributed by atoms with van der Waals surface area (Å²) >= 11 is 5.59. The lowest BCUT2D eigenvalue weighted by molar-refractivity contribution is 0.868. The standard InChI is InChI=1S/C5H8N2S2/c1-4(2-8)5-6-3-7-9-5/h3-4,8H,2H2,1H3. The summed E-state index contributed by atoms with van der Waals surface area (Å²) < 4.78 is 3.89. The maximum Gasteiger partial charge on any atom is 0.129 e. The van der Waals surface area contributed by atoms with Crippen molar-refractivity contribution < 1.29 is 0 Å². The number of hydrogen-bond acceptors (Lipinski definition) is 4. The minimum atomic E-state index is 0.445. The number of thiol groups is 1. The molecule has 1 aromatic rings. The fourth-order valence-corrected chi connectivity index (χ4v) is 1.33. The molecule has 0 bridgehead atoms. The van der Waals surface area contributed by atoms with Gasteiger partial charge in [-0.15, -0.1) is 0 Å². The molecule has 50 valence electrons. The van der Waals surface area contributed by atoms with Crippen LogP contribution in [0.3, 0.4) is 0 Å². The number of rotatable bonds is 2. The normalized spacial score (nSPS) is 13.6. The molecule has 0 aromatic carbocycles. The van der Waals surface area contributed by atoms with Crippen LogP contribution in [0.25, 0.3) is 0 Å². The van der Waals surface area contributed by atoms with E-state index in [0.717, 1.165) is 10.8 Å². The first-order chi connectivity index (χ1) is 4.34. The lowest BCUT2D eigenvalue weighted by Crippen LogP contribution is -1.91. The van der Waals surface area contributed by atoms with E-state index in [9.17, 15) is 0 Å². The van der Waals surface area contributed by atoms with Gasteiger partial charge in [0.15, 0.2) is 0 Å². The minimum absolute atomic E-state index is 0.445. The third-order valence-corrected chi connectivity index (χ3v) is 2.52. The van der Waals surface area contributed by atoms with E-state index >= 15 is 0 Å². The summed E-state index contributed by atoms with van der Waals surface area (Å²) in [5.74, 6) is 1.29. The quantitative estimate of drug-likeness (QED) is 0.664. The summed E-state index contributed by atoms with van der Waals surface area (Å²) in [6.07, 6.45) is 1.58. The summed E-state index contributed by atoms with van der Waals surface area (Å²) in [4.78, 5) is 4.05. The van der Waals surface area contributed by atoms with Crippen LogP contribution < -0.4 is 0 Å². The van der Waals surface area contributed by atoms with Gasteiger partial charge in [0.25, 0.3) is 0 Å². The van der Waals surface area contributed by atoms with Gasteiger partial charge in [-0.05, 0) is 17.3 Å². The Morgan fingerprint density at radius 3 is 3.11 bits per heavy atom. The van der Waals surface area contributed by atoms with Crippen molar-refractivity contribution in [3.05, 3.63) is 11.3 Å². The Morgan fingerprint density at radius 2 is 2.67 bits per heavy atom. The zero-order valence-electron chi connectivity index (χ0n) is 5.11. The molecule has 0 saturated heterocycles. The van der Waals surface area contributed by atoms with Crippen LogP contribution in [-0.4, -0.2) is 15.1 Å². The van der Waals surface area contributed by atoms with Crippen molar-refractivity contribution >= 4 is 24.2 Å². The van der Waals surface area contributed by atoms with Crippen molar-refractivity contribution in [2.75, 3.05) is 5.75 Å². The Kier molecular flexibility index (Phi) is 2.48. The molecule has 0 amide bonds. The van der Waals surface area contributed by atoms with Gasteiger partial charge in [0.1, 0.15) is 11.3 Å². The third-order valence-electron chi connectivity index (χ3n) is 1.07. The average molecular weight is 160 g/mol. The Bertz CT molecular complexity index is 161. The average Bonchev–Trinajstić information content (AvgIpc) is 2.37. The molecule has 0 saturated carbocycles. The molecule has 0 aliphatic rings. The highest BCUT2D eigenvalue weighted by Crippen LogP contribution is 2.15. The molecule has 1 rings (SSSR count). The topological polar surface area (TPSA) is 25.8 Å². The molecule has 1 aromatic heterocycles. The van der Waals surface area contributed by atoms with Crippen molar-refractivity contribution in [1.82, 2.24) is 9.36 Å². The minimum Gasteiger partial charge on any atom is -0.228 e. The van der Waals surface area contributed by atoms with Gasteiger partial charge < -0.3 is 0 Å². The maximum absolute atomic E-state index is 4.14. The molecule has 1 unspecified atom stereocenters. The van der Waals surface area contributed by atoms with E-state index in [1.165, 1.54) is 11.5 Å². The van der Waals surface area contributed by atoms with Gasteiger partial charge in [-0.25, -0.2) is 4.98 Å². The second-order valence-corrected chi connectivity index (χ2v) is 3.04. The van der Waals surface area contributed by atoms with Crippen molar-refractivity contribution in [2.24, 2.45) is 0 Å². The van der Waals surface area contributed by atoms with Crippen molar-refractivity contribution in [2.45, 2.75) is 12.8 Å². The molecule has 0 aliphatic carbocycles. The van der Waals surface area contributed by atoms with Crippen molar-refractivity contribution in [3.8, 4) is 0 Å². The molecule has 0 fully saturated rings. The van der Waals surface area contributed by atoms with Gasteiger partial charge in [-0.2, -0.15) is 17.0 Å². The van der Waals surface area contributed by atoms with Gasteiger partial charge in [-0.1, -0.05) is 6.92 Å². The summed E-state index contributed by atoms with van der Waals surface area (Å²) in [5, 5.41) is 1.07. The van der Waals surface area contributed by atoms with E-state index in [2.05, 4.69) is 28.9 Å². The van der Waals surface area contributed by atoms with E-state index < -0.39 is 0 Å². The second-order valence-electron chi connectivity index (χ2n) is 1.86. The van der Waals surface area contributed by atoms with Crippen molar-refractivity contribution in [3.63, 3.8) is 0 Å². The van der Waals surface area contributed by atoms with Crippen LogP contribution >= 0.6 is 24.2 Å². The molecular formula is C5H8N2S2. The zero-order chi connectivity index (χ0) is 6.69. The predicted octanol–water partition coefficient (Wildman–Crippen LogP) is 1.57. The van der Waals surface area contributed by atoms with E-state index in [0.29, 0.717) is 5.92 Å². The largest absolute Gasteiger partial charge is 0.228 e. The smallest absolute Gasteiger partial charge is 0.129 e. The van der Waals surface area contributed by atoms with E-state index in [1.54, 1.807) is 6.33 Å². The molecule has 4 heteroatoms. The van der Waals surface area contributed by atoms with Gasteiger partial charge in [0.05, 0.1) is 0 Å². The van der Waals surface area contributed by atoms with E-state index in [4.69, 9.17) is 0 Å². The van der Waals surface area contributed by atoms with Gasteiger partial charge >= 0.3 is 0 Å². The number of nitrogens with zero attached hydrogens (tertiary/aromatic N) is 2. The summed E-state index contributed by atoms with van der Waals surface area (Å²) in [5.41, 5.74) is 0. The molecule has 0 radical (unpaired) electrons. The first kappa shape index (κ1) is 7.02. The number of hydrogen-bond donors (Lipinski definition) is 1. The fourth-order valence-electron chi connectivity index (χ4n) is 0.477. The van der Waals surface area contributed by atoms with Gasteiger partial charge in [0, 0.05) is 5.92 Å². The Hall–Kier alpha value is -0.0900. The molecule has 0 N–H and O–H groups in total. The lowest BCUT2D eigenvalue weighted by Gasteiger charge is -1.98. The van der Waals surface area contributed by atoms with Gasteiger partial charge in [-0.3, -0.25) is 0 Å². The number of aromatic nitrogens is 2. The second kappa shape index (κ2) is 3.17. The molecule has 2 nitrogen and oxygen atoms in total. The van der Waals surface area contributed by atoms with E-state index in [-0.39, 0.29) is 0 Å². The highest BCUT2D eigenvalue weighted by atomic mass is 32.1. The highest BCUT2D eigenvalue weighted by Gasteiger charge is 2.04.